The van der Waals surface area contributed by atoms with Crippen LogP contribution < -0.4 is 4.90 Å². The molecule has 3 aliphatic carbocycles. The van der Waals surface area contributed by atoms with Crippen molar-refractivity contribution in [3.8, 4) is 33.4 Å². The van der Waals surface area contributed by atoms with Gasteiger partial charge < -0.3 is 4.90 Å². The highest BCUT2D eigenvalue weighted by atomic mass is 32.1. The van der Waals surface area contributed by atoms with Crippen LogP contribution in [0.25, 0.3) is 49.5 Å². The minimum Gasteiger partial charge on any atom is -0.310 e. The van der Waals surface area contributed by atoms with Crippen LogP contribution in [0.15, 0.2) is 206 Å². The molecule has 3 atom stereocenters. The topological polar surface area (TPSA) is 3.24 Å². The molecule has 0 bridgehead atoms. The molecular formula is C55H37NS. The van der Waals surface area contributed by atoms with Crippen molar-refractivity contribution < 1.29 is 0 Å². The second kappa shape index (κ2) is 12.6. The first-order chi connectivity index (χ1) is 28.3. The fourth-order valence-corrected chi connectivity index (χ4v) is 11.8. The van der Waals surface area contributed by atoms with Gasteiger partial charge in [-0.1, -0.05) is 170 Å². The lowest BCUT2D eigenvalue weighted by atomic mass is 9.65. The van der Waals surface area contributed by atoms with Gasteiger partial charge in [0, 0.05) is 38.5 Å². The van der Waals surface area contributed by atoms with E-state index in [1.165, 1.54) is 76.2 Å². The van der Waals surface area contributed by atoms with Crippen molar-refractivity contribution in [1.29, 1.82) is 0 Å². The number of allylic oxidation sites excluding steroid dienone is 1. The molecule has 0 saturated heterocycles. The Morgan fingerprint density at radius 2 is 0.982 bits per heavy atom. The number of benzene rings is 8. The normalized spacial score (nSPS) is 18.2. The Morgan fingerprint density at radius 3 is 1.68 bits per heavy atom. The molecule has 8 aromatic carbocycles. The molecule has 0 amide bonds. The highest BCUT2D eigenvalue weighted by Gasteiger charge is 2.58. The van der Waals surface area contributed by atoms with Crippen molar-refractivity contribution in [3.63, 3.8) is 0 Å². The number of fused-ring (bicyclic) bond motifs is 14. The van der Waals surface area contributed by atoms with Crippen LogP contribution in [0.2, 0.25) is 0 Å². The molecule has 3 unspecified atom stereocenters. The van der Waals surface area contributed by atoms with E-state index in [0.717, 1.165) is 17.1 Å². The van der Waals surface area contributed by atoms with Gasteiger partial charge >= 0.3 is 0 Å². The lowest BCUT2D eigenvalue weighted by molar-refractivity contribution is 0.464. The summed E-state index contributed by atoms with van der Waals surface area (Å²) in [6.45, 7) is 0. The smallest absolute Gasteiger partial charge is 0.0539 e. The summed E-state index contributed by atoms with van der Waals surface area (Å²) in [6, 6.07) is 74.2. The molecule has 1 nitrogen and oxygen atoms in total. The first kappa shape index (κ1) is 32.5. The minimum atomic E-state index is -0.340. The van der Waals surface area contributed by atoms with E-state index < -0.39 is 0 Å². The monoisotopic (exact) mass is 743 g/mol. The van der Waals surface area contributed by atoms with Gasteiger partial charge in [0.2, 0.25) is 0 Å². The average molecular weight is 744 g/mol. The quantitative estimate of drug-likeness (QED) is 0.170. The van der Waals surface area contributed by atoms with Crippen LogP contribution >= 0.6 is 11.3 Å². The van der Waals surface area contributed by atoms with E-state index in [1.807, 2.05) is 11.3 Å². The zero-order valence-corrected chi connectivity index (χ0v) is 32.0. The number of nitrogens with zero attached hydrogens (tertiary/aromatic N) is 1. The molecule has 1 heterocycles. The summed E-state index contributed by atoms with van der Waals surface area (Å²) in [6.07, 6.45) is 5.01. The molecule has 0 radical (unpaired) electrons. The highest BCUT2D eigenvalue weighted by molar-refractivity contribution is 7.19. The van der Waals surface area contributed by atoms with Gasteiger partial charge in [-0.15, -0.1) is 11.3 Å². The van der Waals surface area contributed by atoms with Crippen LogP contribution in [-0.4, -0.2) is 0 Å². The molecule has 0 fully saturated rings. The molecule has 3 aliphatic rings. The van der Waals surface area contributed by atoms with Crippen LogP contribution in [0.3, 0.4) is 0 Å². The van der Waals surface area contributed by atoms with Crippen molar-refractivity contribution in [1.82, 2.24) is 0 Å². The lowest BCUT2D eigenvalue weighted by Crippen LogP contribution is -2.33. The first-order valence-corrected chi connectivity index (χ1v) is 20.7. The second-order valence-electron chi connectivity index (χ2n) is 15.6. The van der Waals surface area contributed by atoms with Crippen LogP contribution in [0, 0.1) is 5.92 Å². The Hall–Kier alpha value is -6.74. The third-order valence-corrected chi connectivity index (χ3v) is 14.1. The Kier molecular flexibility index (Phi) is 7.21. The van der Waals surface area contributed by atoms with E-state index >= 15 is 0 Å². The van der Waals surface area contributed by atoms with Crippen LogP contribution in [0.1, 0.15) is 38.6 Å². The maximum atomic E-state index is 2.56. The third-order valence-electron chi connectivity index (χ3n) is 12.8. The highest BCUT2D eigenvalue weighted by Crippen LogP contribution is 2.68. The van der Waals surface area contributed by atoms with E-state index in [9.17, 15) is 0 Å². The molecular weight excluding hydrogens is 707 g/mol. The summed E-state index contributed by atoms with van der Waals surface area (Å²) in [7, 11) is 0. The largest absolute Gasteiger partial charge is 0.310 e. The van der Waals surface area contributed by atoms with Crippen molar-refractivity contribution in [2.45, 2.75) is 11.3 Å². The maximum Gasteiger partial charge on any atom is 0.0539 e. The maximum absolute atomic E-state index is 2.56. The summed E-state index contributed by atoms with van der Waals surface area (Å²) in [4.78, 5) is 3.94. The number of hydrogen-bond donors (Lipinski definition) is 0. The fraction of sp³-hybridized carbons (Fsp3) is 0.0545. The Labute approximate surface area is 337 Å². The number of hydrogen-bond acceptors (Lipinski definition) is 2. The molecule has 0 N–H and O–H groups in total. The molecule has 12 rings (SSSR count). The second-order valence-corrected chi connectivity index (χ2v) is 16.7. The Morgan fingerprint density at radius 1 is 0.439 bits per heavy atom. The summed E-state index contributed by atoms with van der Waals surface area (Å²) >= 11 is 1.99. The van der Waals surface area contributed by atoms with Gasteiger partial charge in [0.15, 0.2) is 0 Å². The molecule has 268 valence electrons. The van der Waals surface area contributed by atoms with Gasteiger partial charge in [-0.05, 0) is 109 Å². The van der Waals surface area contributed by atoms with Gasteiger partial charge in [0.1, 0.15) is 0 Å². The molecule has 1 aromatic heterocycles. The van der Waals surface area contributed by atoms with E-state index in [4.69, 9.17) is 0 Å². The van der Waals surface area contributed by atoms with Gasteiger partial charge in [-0.3, -0.25) is 0 Å². The number of rotatable bonds is 5. The Bertz CT molecular complexity index is 2930. The predicted octanol–water partition coefficient (Wildman–Crippen LogP) is 14.8. The van der Waals surface area contributed by atoms with Crippen molar-refractivity contribution >= 4 is 44.6 Å². The van der Waals surface area contributed by atoms with E-state index in [-0.39, 0.29) is 17.3 Å². The number of thiophene rings is 1. The lowest BCUT2D eigenvalue weighted by Gasteiger charge is -2.37. The van der Waals surface area contributed by atoms with Gasteiger partial charge in [-0.25, -0.2) is 0 Å². The number of anilines is 3. The average Bonchev–Trinajstić information content (AvgIpc) is 3.92. The molecule has 0 saturated carbocycles. The summed E-state index contributed by atoms with van der Waals surface area (Å²) < 4.78 is 1.37. The molecule has 0 aliphatic heterocycles. The summed E-state index contributed by atoms with van der Waals surface area (Å²) in [5.41, 5.74) is 17.7. The van der Waals surface area contributed by atoms with Gasteiger partial charge in [-0.2, -0.15) is 0 Å². The zero-order valence-electron chi connectivity index (χ0n) is 31.2. The standard InChI is InChI=1S/C55H37NS/c1-3-13-36(14-4-1)38-23-27-40(28-24-38)56(41-29-25-39(26-30-41)37-15-5-2-6-16-37)42-31-32-44-43-17-7-10-20-48(43)55(51(44)35-42)49-21-11-8-19-47(49)53-50(55)34-33-46-45-18-9-12-22-52(45)57-54(46)53/h1-35,50,53H. The minimum absolute atomic E-state index is 0.233. The fourth-order valence-electron chi connectivity index (χ4n) is 10.4. The molecule has 57 heavy (non-hydrogen) atoms. The van der Waals surface area contributed by atoms with Gasteiger partial charge in [0.25, 0.3) is 0 Å². The van der Waals surface area contributed by atoms with Crippen molar-refractivity contribution in [2.24, 2.45) is 5.92 Å². The van der Waals surface area contributed by atoms with Crippen LogP contribution in [-0.2, 0) is 5.41 Å². The van der Waals surface area contributed by atoms with E-state index in [0.29, 0.717) is 0 Å². The van der Waals surface area contributed by atoms with Gasteiger partial charge in [0.05, 0.1) is 5.41 Å². The summed E-state index contributed by atoms with van der Waals surface area (Å²) in [5, 5.41) is 1.37. The Balaban J connectivity index is 1.06. The molecule has 9 aromatic rings. The zero-order chi connectivity index (χ0) is 37.5. The molecule has 2 heteroatoms. The SMILES string of the molecule is C1=CC2C(c3ccccc3C23c2ccccc2-c2ccc(N(c4ccc(-c5ccccc5)cc4)c4ccc(-c5ccccc5)cc4)cc23)c2sc3ccccc3c21. The summed E-state index contributed by atoms with van der Waals surface area (Å²) in [5.74, 6) is 0.505. The van der Waals surface area contributed by atoms with Crippen molar-refractivity contribution in [3.05, 3.63) is 239 Å². The first-order valence-electron chi connectivity index (χ1n) is 19.9. The third kappa shape index (κ3) is 4.75. The van der Waals surface area contributed by atoms with Crippen LogP contribution in [0.4, 0.5) is 17.1 Å². The van der Waals surface area contributed by atoms with Crippen molar-refractivity contribution in [2.75, 3.05) is 4.90 Å². The van der Waals surface area contributed by atoms with E-state index in [2.05, 4.69) is 217 Å². The predicted molar refractivity (Wildman–Crippen MR) is 240 cm³/mol. The molecule has 1 spiro atoms. The van der Waals surface area contributed by atoms with E-state index in [1.54, 1.807) is 0 Å². The van der Waals surface area contributed by atoms with Crippen LogP contribution in [0.5, 0.6) is 0 Å².